The van der Waals surface area contributed by atoms with Crippen molar-refractivity contribution in [3.8, 4) is 6.07 Å². The minimum Gasteiger partial charge on any atom is -0.361 e. The molecule has 0 saturated heterocycles. The molecule has 3 heteroatoms. The van der Waals surface area contributed by atoms with Gasteiger partial charge in [-0.05, 0) is 29.8 Å². The van der Waals surface area contributed by atoms with Crippen LogP contribution in [-0.4, -0.2) is 4.98 Å². The third kappa shape index (κ3) is 2.32. The molecule has 3 rings (SSSR count). The molecule has 0 spiro atoms. The van der Waals surface area contributed by atoms with Gasteiger partial charge in [0.25, 0.3) is 0 Å². The maximum Gasteiger partial charge on any atom is 0.0998 e. The predicted molar refractivity (Wildman–Crippen MR) is 83.2 cm³/mol. The Morgan fingerprint density at radius 3 is 2.80 bits per heavy atom. The van der Waals surface area contributed by atoms with Crippen LogP contribution < -0.4 is 0 Å². The van der Waals surface area contributed by atoms with Crippen LogP contribution in [0.1, 0.15) is 11.1 Å². The van der Waals surface area contributed by atoms with Crippen molar-refractivity contribution in [1.29, 1.82) is 5.26 Å². The van der Waals surface area contributed by atoms with Crippen LogP contribution in [0.2, 0.25) is 5.02 Å². The third-order valence-electron chi connectivity index (χ3n) is 3.18. The maximum atomic E-state index is 9.37. The minimum absolute atomic E-state index is 0.595. The largest absolute Gasteiger partial charge is 0.361 e. The molecule has 0 saturated carbocycles. The fourth-order valence-electron chi connectivity index (χ4n) is 2.21. The molecule has 0 fully saturated rings. The van der Waals surface area contributed by atoms with Crippen LogP contribution in [0, 0.1) is 11.3 Å². The zero-order chi connectivity index (χ0) is 13.9. The van der Waals surface area contributed by atoms with E-state index in [1.165, 1.54) is 0 Å². The lowest BCUT2D eigenvalue weighted by atomic mass is 10.0. The van der Waals surface area contributed by atoms with Crippen LogP contribution in [0.5, 0.6) is 0 Å². The van der Waals surface area contributed by atoms with Gasteiger partial charge in [0, 0.05) is 27.7 Å². The van der Waals surface area contributed by atoms with Gasteiger partial charge in [0.15, 0.2) is 0 Å². The molecule has 0 aliphatic rings. The quantitative estimate of drug-likeness (QED) is 0.666. The fourth-order valence-corrected chi connectivity index (χ4v) is 2.40. The number of halogens is 1. The van der Waals surface area contributed by atoms with Crippen molar-refractivity contribution >= 4 is 34.2 Å². The van der Waals surface area contributed by atoms with E-state index in [0.717, 1.165) is 22.0 Å². The highest BCUT2D eigenvalue weighted by Gasteiger charge is 2.05. The van der Waals surface area contributed by atoms with Crippen LogP contribution in [0.15, 0.2) is 54.7 Å². The molecule has 0 aliphatic carbocycles. The summed E-state index contributed by atoms with van der Waals surface area (Å²) in [5, 5.41) is 11.1. The van der Waals surface area contributed by atoms with E-state index in [1.807, 2.05) is 48.7 Å². The minimum atomic E-state index is 0.595. The van der Waals surface area contributed by atoms with E-state index in [1.54, 1.807) is 12.1 Å². The molecule has 0 unspecified atom stereocenters. The summed E-state index contributed by atoms with van der Waals surface area (Å²) in [6.07, 6.45) is 3.79. The first-order valence-corrected chi connectivity index (χ1v) is 6.59. The van der Waals surface area contributed by atoms with E-state index in [9.17, 15) is 5.26 Å². The molecule has 1 aromatic heterocycles. The van der Waals surface area contributed by atoms with Crippen LogP contribution >= 0.6 is 11.6 Å². The molecule has 0 amide bonds. The highest BCUT2D eigenvalue weighted by molar-refractivity contribution is 6.30. The first kappa shape index (κ1) is 12.5. The number of aromatic amines is 1. The molecule has 3 aromatic rings. The van der Waals surface area contributed by atoms with E-state index in [-0.39, 0.29) is 0 Å². The van der Waals surface area contributed by atoms with Crippen LogP contribution in [0.4, 0.5) is 0 Å². The second-order valence-corrected chi connectivity index (χ2v) is 4.91. The number of nitrogens with one attached hydrogen (secondary N) is 1. The highest BCUT2D eigenvalue weighted by atomic mass is 35.5. The number of hydrogen-bond donors (Lipinski definition) is 1. The average Bonchev–Trinajstić information content (AvgIpc) is 2.88. The Morgan fingerprint density at radius 2 is 2.00 bits per heavy atom. The third-order valence-corrected chi connectivity index (χ3v) is 3.41. The van der Waals surface area contributed by atoms with E-state index in [2.05, 4.69) is 11.1 Å². The molecular weight excluding hydrogens is 268 g/mol. The number of hydrogen-bond acceptors (Lipinski definition) is 1. The molecule has 0 atom stereocenters. The first-order chi connectivity index (χ1) is 9.78. The Morgan fingerprint density at radius 1 is 1.15 bits per heavy atom. The zero-order valence-electron chi connectivity index (χ0n) is 10.6. The summed E-state index contributed by atoms with van der Waals surface area (Å²) in [6.45, 7) is 0. The van der Waals surface area contributed by atoms with Gasteiger partial charge in [-0.25, -0.2) is 0 Å². The Balaban J connectivity index is 2.12. The lowest BCUT2D eigenvalue weighted by Crippen LogP contribution is -1.81. The molecule has 0 radical (unpaired) electrons. The number of para-hydroxylation sites is 1. The van der Waals surface area contributed by atoms with Gasteiger partial charge >= 0.3 is 0 Å². The van der Waals surface area contributed by atoms with Crippen LogP contribution in [0.25, 0.3) is 22.6 Å². The number of fused-ring (bicyclic) bond motifs is 1. The maximum absolute atomic E-state index is 9.37. The number of nitriles is 1. The van der Waals surface area contributed by atoms with Gasteiger partial charge in [-0.3, -0.25) is 0 Å². The number of rotatable bonds is 2. The van der Waals surface area contributed by atoms with Gasteiger partial charge in [-0.15, -0.1) is 0 Å². The molecule has 96 valence electrons. The summed E-state index contributed by atoms with van der Waals surface area (Å²) in [6, 6.07) is 17.6. The van der Waals surface area contributed by atoms with Crippen molar-refractivity contribution < 1.29 is 0 Å². The van der Waals surface area contributed by atoms with Crippen molar-refractivity contribution in [2.24, 2.45) is 0 Å². The van der Waals surface area contributed by atoms with E-state index < -0.39 is 0 Å². The van der Waals surface area contributed by atoms with Crippen molar-refractivity contribution in [3.05, 3.63) is 70.9 Å². The van der Waals surface area contributed by atoms with Crippen molar-refractivity contribution in [3.63, 3.8) is 0 Å². The number of nitrogens with zero attached hydrogens (tertiary/aromatic N) is 1. The molecule has 0 aliphatic heterocycles. The summed E-state index contributed by atoms with van der Waals surface area (Å²) >= 11 is 5.98. The smallest absolute Gasteiger partial charge is 0.0998 e. The fraction of sp³-hybridized carbons (Fsp3) is 0. The summed E-state index contributed by atoms with van der Waals surface area (Å²) in [7, 11) is 0. The number of H-pyrrole nitrogens is 1. The van der Waals surface area contributed by atoms with Crippen LogP contribution in [0.3, 0.4) is 0 Å². The highest BCUT2D eigenvalue weighted by Crippen LogP contribution is 2.25. The lowest BCUT2D eigenvalue weighted by molar-refractivity contribution is 1.47. The van der Waals surface area contributed by atoms with E-state index >= 15 is 0 Å². The van der Waals surface area contributed by atoms with Gasteiger partial charge < -0.3 is 4.98 Å². The van der Waals surface area contributed by atoms with E-state index in [4.69, 9.17) is 11.6 Å². The second-order valence-electron chi connectivity index (χ2n) is 4.47. The topological polar surface area (TPSA) is 39.6 Å². The summed E-state index contributed by atoms with van der Waals surface area (Å²) in [5.41, 5.74) is 3.47. The molecule has 2 nitrogen and oxygen atoms in total. The summed E-state index contributed by atoms with van der Waals surface area (Å²) in [5.74, 6) is 0. The normalized spacial score (nSPS) is 11.5. The predicted octanol–water partition coefficient (Wildman–Crippen LogP) is 4.89. The molecule has 0 bridgehead atoms. The molecule has 1 heterocycles. The second kappa shape index (κ2) is 5.24. The van der Waals surface area contributed by atoms with Gasteiger partial charge in [0.2, 0.25) is 0 Å². The van der Waals surface area contributed by atoms with E-state index in [0.29, 0.717) is 10.6 Å². The SMILES string of the molecule is N#C/C(=C\c1c[nH]c2ccccc12)c1cccc(Cl)c1. The van der Waals surface area contributed by atoms with Crippen molar-refractivity contribution in [1.82, 2.24) is 4.98 Å². The average molecular weight is 279 g/mol. The molecular formula is C17H11ClN2. The van der Waals surface area contributed by atoms with Gasteiger partial charge in [0.1, 0.15) is 0 Å². The van der Waals surface area contributed by atoms with Gasteiger partial charge in [-0.2, -0.15) is 5.26 Å². The van der Waals surface area contributed by atoms with Gasteiger partial charge in [-0.1, -0.05) is 41.9 Å². The Kier molecular flexibility index (Phi) is 3.28. The standard InChI is InChI=1S/C17H11ClN2/c18-15-5-3-4-12(9-15)13(10-19)8-14-11-20-17-7-2-1-6-16(14)17/h1-9,11,20H/b13-8+. The number of allylic oxidation sites excluding steroid dienone is 1. The summed E-state index contributed by atoms with van der Waals surface area (Å²) in [4.78, 5) is 3.20. The number of aromatic nitrogens is 1. The Hall–Kier alpha value is -2.50. The Bertz CT molecular complexity index is 837. The number of benzene rings is 2. The monoisotopic (exact) mass is 278 g/mol. The van der Waals surface area contributed by atoms with Crippen LogP contribution in [-0.2, 0) is 0 Å². The molecule has 1 N–H and O–H groups in total. The summed E-state index contributed by atoms with van der Waals surface area (Å²) < 4.78 is 0. The molecule has 20 heavy (non-hydrogen) atoms. The van der Waals surface area contributed by atoms with Crippen molar-refractivity contribution in [2.75, 3.05) is 0 Å². The zero-order valence-corrected chi connectivity index (χ0v) is 11.4. The first-order valence-electron chi connectivity index (χ1n) is 6.22. The molecule has 2 aromatic carbocycles. The Labute approximate surface area is 121 Å². The van der Waals surface area contributed by atoms with Gasteiger partial charge in [0.05, 0.1) is 11.6 Å². The van der Waals surface area contributed by atoms with Crippen molar-refractivity contribution in [2.45, 2.75) is 0 Å². The lowest BCUT2D eigenvalue weighted by Gasteiger charge is -2.00.